The molecule has 1 aliphatic carbocycles. The zero-order valence-corrected chi connectivity index (χ0v) is 18.7. The Morgan fingerprint density at radius 1 is 1.14 bits per heavy atom. The Hall–Kier alpha value is -1.71. The average molecular weight is 423 g/mol. The van der Waals surface area contributed by atoms with Crippen LogP contribution in [0, 0.1) is 0 Å². The maximum Gasteiger partial charge on any atom is 0.278 e. The summed E-state index contributed by atoms with van der Waals surface area (Å²) in [5.41, 5.74) is 10.7. The highest BCUT2D eigenvalue weighted by Gasteiger charge is 2.22. The number of hydrogen-bond acceptors (Lipinski definition) is 5. The predicted octanol–water partition coefficient (Wildman–Crippen LogP) is 2.41. The topological polar surface area (TPSA) is 106 Å². The molecular weight excluding hydrogens is 388 g/mol. The van der Waals surface area contributed by atoms with E-state index >= 15 is 0 Å². The van der Waals surface area contributed by atoms with Crippen molar-refractivity contribution in [1.82, 2.24) is 23.6 Å². The van der Waals surface area contributed by atoms with Gasteiger partial charge in [0.25, 0.3) is 10.2 Å². The molecule has 0 radical (unpaired) electrons. The van der Waals surface area contributed by atoms with Crippen molar-refractivity contribution in [2.24, 2.45) is 0 Å². The lowest BCUT2D eigenvalue weighted by Gasteiger charge is -2.18. The maximum atomic E-state index is 11.8. The van der Waals surface area contributed by atoms with Gasteiger partial charge in [0.2, 0.25) is 0 Å². The van der Waals surface area contributed by atoms with Gasteiger partial charge in [-0.15, -0.1) is 0 Å². The number of rotatable bonds is 10. The van der Waals surface area contributed by atoms with Crippen molar-refractivity contribution in [2.75, 3.05) is 26.4 Å². The predicted molar refractivity (Wildman–Crippen MR) is 117 cm³/mol. The highest BCUT2D eigenvalue weighted by Crippen LogP contribution is 2.32. The largest absolute Gasteiger partial charge is 0.382 e. The molecular formula is C20H34N6O2S. The van der Waals surface area contributed by atoms with E-state index in [2.05, 4.69) is 21.2 Å². The highest BCUT2D eigenvalue weighted by molar-refractivity contribution is 7.87. The van der Waals surface area contributed by atoms with Crippen molar-refractivity contribution in [3.63, 3.8) is 0 Å². The lowest BCUT2D eigenvalue weighted by atomic mass is 9.95. The van der Waals surface area contributed by atoms with Gasteiger partial charge in [0.15, 0.2) is 5.82 Å². The molecule has 0 spiro atoms. The Morgan fingerprint density at radius 3 is 2.62 bits per heavy atom. The van der Waals surface area contributed by atoms with E-state index in [9.17, 15) is 8.42 Å². The fraction of sp³-hybridized carbons (Fsp3) is 0.700. The van der Waals surface area contributed by atoms with Crippen molar-refractivity contribution in [2.45, 2.75) is 71.3 Å². The number of fused-ring (bicyclic) bond motifs is 3. The number of imidazole rings is 1. The third-order valence-corrected chi connectivity index (χ3v) is 7.13. The number of nitrogens with two attached hydrogens (primary N) is 1. The summed E-state index contributed by atoms with van der Waals surface area (Å²) in [5.74, 6) is 1.61. The number of anilines is 1. The van der Waals surface area contributed by atoms with E-state index in [1.165, 1.54) is 30.4 Å². The Kier molecular flexibility index (Phi) is 7.13. The van der Waals surface area contributed by atoms with Crippen LogP contribution in [0.15, 0.2) is 0 Å². The number of nitrogens with zero attached hydrogens (tertiary/aromatic N) is 4. The molecule has 0 saturated carbocycles. The molecule has 2 heterocycles. The van der Waals surface area contributed by atoms with Gasteiger partial charge >= 0.3 is 0 Å². The molecule has 29 heavy (non-hydrogen) atoms. The second-order valence-electron chi connectivity index (χ2n) is 8.00. The average Bonchev–Trinajstić information content (AvgIpc) is 3.05. The smallest absolute Gasteiger partial charge is 0.278 e. The third-order valence-electron chi connectivity index (χ3n) is 5.60. The van der Waals surface area contributed by atoms with Crippen LogP contribution in [0.4, 0.5) is 5.82 Å². The second-order valence-corrected chi connectivity index (χ2v) is 9.97. The summed E-state index contributed by atoms with van der Waals surface area (Å²) in [6.45, 7) is 3.43. The number of hydrogen-bond donors (Lipinski definition) is 2. The molecule has 9 heteroatoms. The van der Waals surface area contributed by atoms with Crippen molar-refractivity contribution in [1.29, 1.82) is 0 Å². The standard InChI is InChI=1S/C20H34N6O2S/c1-4-5-12-17-24-18-19(15-10-6-7-11-16(15)23-20(18)21)26(17)14-9-8-13-22-29(27,28)25(2)3/h22H,4-14H2,1-3H3,(H2,21,23). The minimum Gasteiger partial charge on any atom is -0.382 e. The van der Waals surface area contributed by atoms with Gasteiger partial charge in [0.05, 0.1) is 5.52 Å². The molecule has 0 amide bonds. The lowest BCUT2D eigenvalue weighted by molar-refractivity contribution is 0.500. The second kappa shape index (κ2) is 9.40. The highest BCUT2D eigenvalue weighted by atomic mass is 32.2. The minimum absolute atomic E-state index is 0.430. The van der Waals surface area contributed by atoms with Crippen molar-refractivity contribution in [3.8, 4) is 0 Å². The van der Waals surface area contributed by atoms with E-state index in [1.54, 1.807) is 0 Å². The van der Waals surface area contributed by atoms with E-state index in [0.717, 1.165) is 80.5 Å². The summed E-state index contributed by atoms with van der Waals surface area (Å²) >= 11 is 0. The van der Waals surface area contributed by atoms with Gasteiger partial charge in [-0.2, -0.15) is 12.7 Å². The molecule has 0 atom stereocenters. The van der Waals surface area contributed by atoms with Gasteiger partial charge in [-0.05, 0) is 50.5 Å². The van der Waals surface area contributed by atoms with Crippen molar-refractivity contribution < 1.29 is 8.42 Å². The zero-order chi connectivity index (χ0) is 21.0. The molecule has 0 bridgehead atoms. The van der Waals surface area contributed by atoms with E-state index in [1.807, 2.05) is 0 Å². The Balaban J connectivity index is 1.82. The summed E-state index contributed by atoms with van der Waals surface area (Å²) in [7, 11) is -0.307. The summed E-state index contributed by atoms with van der Waals surface area (Å²) in [6, 6.07) is 0. The first-order valence-corrected chi connectivity index (χ1v) is 12.1. The number of nitrogen functional groups attached to an aromatic ring is 1. The Labute approximate surface area is 174 Å². The van der Waals surface area contributed by atoms with Gasteiger partial charge in [0.1, 0.15) is 11.3 Å². The normalized spacial score (nSPS) is 14.6. The summed E-state index contributed by atoms with van der Waals surface area (Å²) in [6.07, 6.45) is 9.11. The van der Waals surface area contributed by atoms with Crippen LogP contribution < -0.4 is 10.5 Å². The van der Waals surface area contributed by atoms with Crippen LogP contribution in [0.25, 0.3) is 11.0 Å². The SMILES string of the molecule is CCCCc1nc2c(N)nc3c(c2n1CCCCNS(=O)(=O)N(C)C)CCCC3. The van der Waals surface area contributed by atoms with E-state index in [0.29, 0.717) is 12.4 Å². The molecule has 162 valence electrons. The van der Waals surface area contributed by atoms with Crippen LogP contribution in [0.2, 0.25) is 0 Å². The fourth-order valence-electron chi connectivity index (χ4n) is 3.94. The molecule has 0 aromatic carbocycles. The van der Waals surface area contributed by atoms with Crippen molar-refractivity contribution in [3.05, 3.63) is 17.1 Å². The molecule has 3 N–H and O–H groups in total. The van der Waals surface area contributed by atoms with Crippen LogP contribution in [0.5, 0.6) is 0 Å². The summed E-state index contributed by atoms with van der Waals surface area (Å²) < 4.78 is 29.8. The number of aryl methyl sites for hydroxylation is 4. The van der Waals surface area contributed by atoms with Gasteiger partial charge in [-0.25, -0.2) is 14.7 Å². The zero-order valence-electron chi connectivity index (χ0n) is 17.9. The van der Waals surface area contributed by atoms with Gasteiger partial charge in [-0.3, -0.25) is 0 Å². The molecule has 8 nitrogen and oxygen atoms in total. The number of nitrogens with one attached hydrogen (secondary N) is 1. The molecule has 3 rings (SSSR count). The maximum absolute atomic E-state index is 11.8. The van der Waals surface area contributed by atoms with E-state index in [4.69, 9.17) is 10.7 Å². The number of pyridine rings is 1. The first-order valence-electron chi connectivity index (χ1n) is 10.7. The molecule has 2 aromatic rings. The minimum atomic E-state index is -3.37. The summed E-state index contributed by atoms with van der Waals surface area (Å²) in [4.78, 5) is 9.53. The fourth-order valence-corrected chi connectivity index (χ4v) is 4.60. The van der Waals surface area contributed by atoms with Crippen LogP contribution in [0.3, 0.4) is 0 Å². The molecule has 0 aliphatic heterocycles. The van der Waals surface area contributed by atoms with Gasteiger partial charge in [0, 0.05) is 39.3 Å². The lowest BCUT2D eigenvalue weighted by Crippen LogP contribution is -2.36. The first kappa shape index (κ1) is 22.0. The Morgan fingerprint density at radius 2 is 1.90 bits per heavy atom. The quantitative estimate of drug-likeness (QED) is 0.572. The molecule has 0 saturated heterocycles. The Bertz CT molecular complexity index is 952. The van der Waals surface area contributed by atoms with E-state index in [-0.39, 0.29) is 0 Å². The molecule has 2 aromatic heterocycles. The first-order chi connectivity index (χ1) is 13.8. The number of unbranched alkanes of at least 4 members (excludes halogenated alkanes) is 2. The molecule has 1 aliphatic rings. The van der Waals surface area contributed by atoms with Crippen LogP contribution >= 0.6 is 0 Å². The van der Waals surface area contributed by atoms with Crippen LogP contribution in [-0.4, -0.2) is 47.9 Å². The third kappa shape index (κ3) is 4.90. The summed E-state index contributed by atoms with van der Waals surface area (Å²) in [5, 5.41) is 0. The monoisotopic (exact) mass is 422 g/mol. The van der Waals surface area contributed by atoms with Crippen LogP contribution in [-0.2, 0) is 36.0 Å². The molecule has 0 unspecified atom stereocenters. The molecule has 0 fully saturated rings. The number of aromatic nitrogens is 3. The van der Waals surface area contributed by atoms with Gasteiger partial charge in [-0.1, -0.05) is 13.3 Å². The van der Waals surface area contributed by atoms with Gasteiger partial charge < -0.3 is 10.3 Å². The van der Waals surface area contributed by atoms with E-state index < -0.39 is 10.2 Å². The van der Waals surface area contributed by atoms with Crippen molar-refractivity contribution >= 4 is 27.1 Å². The van der Waals surface area contributed by atoms with Crippen LogP contribution in [0.1, 0.15) is 62.5 Å².